The molecule has 226 valence electrons. The van der Waals surface area contributed by atoms with Gasteiger partial charge in [-0.05, 0) is 50.5 Å². The zero-order chi connectivity index (χ0) is 30.9. The van der Waals surface area contributed by atoms with Crippen LogP contribution in [-0.2, 0) is 12.4 Å². The quantitative estimate of drug-likeness (QED) is 0.221. The van der Waals surface area contributed by atoms with Crippen LogP contribution in [0.2, 0.25) is 5.02 Å². The van der Waals surface area contributed by atoms with Crippen molar-refractivity contribution in [3.8, 4) is 5.75 Å². The molecule has 0 spiro atoms. The van der Waals surface area contributed by atoms with Crippen LogP contribution < -0.4 is 19.9 Å². The summed E-state index contributed by atoms with van der Waals surface area (Å²) in [5, 5.41) is 11.6. The molecular weight excluding hydrogens is 612 g/mol. The van der Waals surface area contributed by atoms with E-state index in [4.69, 9.17) is 28.6 Å². The number of amides is 1. The Hall–Kier alpha value is -2.95. The molecule has 1 unspecified atom stereocenters. The molecule has 1 atom stereocenters. The summed E-state index contributed by atoms with van der Waals surface area (Å²) in [6.07, 6.45) is -13.3. The van der Waals surface area contributed by atoms with E-state index in [0.29, 0.717) is 17.0 Å². The first kappa shape index (κ1) is 32.6. The molecule has 0 saturated carbocycles. The number of aliphatic hydroxyl groups is 1. The number of ether oxygens (including phenoxy) is 1. The minimum Gasteiger partial charge on any atom is -0.407 e. The number of rotatable bonds is 8. The number of carbonyl (C=O) groups excluding carboxylic acids is 1. The number of aliphatic hydroxyl groups excluding tert-OH is 1. The fourth-order valence-corrected chi connectivity index (χ4v) is 4.61. The lowest BCUT2D eigenvalue weighted by atomic mass is 10.1. The van der Waals surface area contributed by atoms with Crippen molar-refractivity contribution in [1.82, 2.24) is 10.2 Å². The lowest BCUT2D eigenvalue weighted by Crippen LogP contribution is -2.40. The van der Waals surface area contributed by atoms with Crippen molar-refractivity contribution in [3.05, 3.63) is 52.0 Å². The van der Waals surface area contributed by atoms with Gasteiger partial charge in [-0.25, -0.2) is 13.6 Å². The SMILES string of the molecule is CCN(C(=O)Oc1c(N2CCN(CC(O)CNC)C2=S)cc(C(F)(F)F)cc1C(F)(F)F)c1ccc(F)c(Cl)c1F. The highest BCUT2D eigenvalue weighted by atomic mass is 35.5. The molecule has 41 heavy (non-hydrogen) atoms. The molecule has 1 aliphatic rings. The Morgan fingerprint density at radius 3 is 2.39 bits per heavy atom. The van der Waals surface area contributed by atoms with Crippen LogP contribution in [0.3, 0.4) is 0 Å². The number of anilines is 2. The van der Waals surface area contributed by atoms with E-state index < -0.39 is 76.0 Å². The molecule has 3 rings (SSSR count). The molecular formula is C24H23ClF8N4O3S. The molecule has 2 aromatic rings. The summed E-state index contributed by atoms with van der Waals surface area (Å²) in [4.78, 5) is 15.9. The minimum absolute atomic E-state index is 0.0188. The van der Waals surface area contributed by atoms with Crippen molar-refractivity contribution in [1.29, 1.82) is 0 Å². The van der Waals surface area contributed by atoms with Crippen molar-refractivity contribution in [2.45, 2.75) is 25.4 Å². The smallest absolute Gasteiger partial charge is 0.407 e. The number of hydrogen-bond acceptors (Lipinski definition) is 5. The summed E-state index contributed by atoms with van der Waals surface area (Å²) in [5.41, 5.74) is -5.11. The summed E-state index contributed by atoms with van der Waals surface area (Å²) in [6.45, 7) is 0.721. The van der Waals surface area contributed by atoms with E-state index >= 15 is 0 Å². The number of benzene rings is 2. The van der Waals surface area contributed by atoms with Gasteiger partial charge >= 0.3 is 18.4 Å². The molecule has 1 amide bonds. The Morgan fingerprint density at radius 1 is 1.17 bits per heavy atom. The Bertz CT molecular complexity index is 1310. The number of nitrogens with zero attached hydrogens (tertiary/aromatic N) is 3. The van der Waals surface area contributed by atoms with Crippen molar-refractivity contribution < 1.29 is 49.8 Å². The Kier molecular flexibility index (Phi) is 9.93. The van der Waals surface area contributed by atoms with Crippen LogP contribution in [0.1, 0.15) is 18.1 Å². The maximum atomic E-state index is 14.6. The fourth-order valence-electron chi connectivity index (χ4n) is 4.09. The monoisotopic (exact) mass is 634 g/mol. The number of thiocarbonyl (C=S) groups is 1. The molecule has 1 saturated heterocycles. The third kappa shape index (κ3) is 7.10. The lowest BCUT2D eigenvalue weighted by Gasteiger charge is -2.28. The van der Waals surface area contributed by atoms with Crippen molar-refractivity contribution in [2.24, 2.45) is 0 Å². The molecule has 0 bridgehead atoms. The van der Waals surface area contributed by atoms with Gasteiger partial charge in [-0.3, -0.25) is 4.90 Å². The van der Waals surface area contributed by atoms with Gasteiger partial charge in [0.15, 0.2) is 16.7 Å². The predicted molar refractivity (Wildman–Crippen MR) is 138 cm³/mol. The molecule has 2 aromatic carbocycles. The number of β-amino-alcohol motifs (C(OH)–C–C–N with tert-alkyl or cyclic N) is 1. The zero-order valence-corrected chi connectivity index (χ0v) is 22.9. The van der Waals surface area contributed by atoms with E-state index in [9.17, 15) is 45.0 Å². The molecule has 7 nitrogen and oxygen atoms in total. The third-order valence-electron chi connectivity index (χ3n) is 5.99. The molecule has 0 aromatic heterocycles. The van der Waals surface area contributed by atoms with Gasteiger partial charge in [0.1, 0.15) is 16.4 Å². The van der Waals surface area contributed by atoms with E-state index in [1.807, 2.05) is 0 Å². The summed E-state index contributed by atoms with van der Waals surface area (Å²) < 4.78 is 117. The summed E-state index contributed by atoms with van der Waals surface area (Å²) >= 11 is 10.9. The van der Waals surface area contributed by atoms with E-state index in [0.717, 1.165) is 11.0 Å². The van der Waals surface area contributed by atoms with Gasteiger partial charge in [0, 0.05) is 32.7 Å². The second-order valence-corrected chi connectivity index (χ2v) is 9.51. The molecule has 1 heterocycles. The first-order valence-corrected chi connectivity index (χ1v) is 12.6. The first-order chi connectivity index (χ1) is 19.0. The van der Waals surface area contributed by atoms with Crippen LogP contribution in [0.4, 0.5) is 51.3 Å². The number of hydrogen-bond donors (Lipinski definition) is 2. The average molecular weight is 635 g/mol. The second kappa shape index (κ2) is 12.5. The molecule has 2 N–H and O–H groups in total. The van der Waals surface area contributed by atoms with Crippen LogP contribution in [0.15, 0.2) is 24.3 Å². The van der Waals surface area contributed by atoms with E-state index in [1.54, 1.807) is 7.05 Å². The number of likely N-dealkylation sites (N-methyl/N-ethyl adjacent to an activating group) is 1. The van der Waals surface area contributed by atoms with Crippen LogP contribution in [0, 0.1) is 11.6 Å². The van der Waals surface area contributed by atoms with Gasteiger partial charge in [0.2, 0.25) is 0 Å². The van der Waals surface area contributed by atoms with Crippen molar-refractivity contribution in [2.75, 3.05) is 49.6 Å². The van der Waals surface area contributed by atoms with Crippen LogP contribution in [-0.4, -0.2) is 67.1 Å². The van der Waals surface area contributed by atoms with Gasteiger partial charge < -0.3 is 25.0 Å². The molecule has 1 fully saturated rings. The van der Waals surface area contributed by atoms with Gasteiger partial charge in [-0.1, -0.05) is 11.6 Å². The van der Waals surface area contributed by atoms with Crippen LogP contribution >= 0.6 is 23.8 Å². The topological polar surface area (TPSA) is 68.3 Å². The standard InChI is InChI=1S/C24H23ClF8N4O3S/c1-3-36(16-5-4-15(26)18(25)19(16)27)22(39)40-20-14(24(31,32)33)8-12(23(28,29)30)9-17(20)37-7-6-35(21(37)41)11-13(38)10-34-2/h4-5,8-9,13,34,38H,3,6-7,10-11H2,1-2H3. The van der Waals surface area contributed by atoms with Crippen LogP contribution in [0.25, 0.3) is 0 Å². The fraction of sp³-hybridized carbons (Fsp3) is 0.417. The Labute approximate surface area is 239 Å². The zero-order valence-electron chi connectivity index (χ0n) is 21.3. The number of nitrogens with one attached hydrogen (secondary N) is 1. The second-order valence-electron chi connectivity index (χ2n) is 8.77. The summed E-state index contributed by atoms with van der Waals surface area (Å²) in [6, 6.07) is 1.64. The largest absolute Gasteiger partial charge is 0.420 e. The van der Waals surface area contributed by atoms with Gasteiger partial charge in [0.05, 0.1) is 23.0 Å². The highest BCUT2D eigenvalue weighted by Gasteiger charge is 2.43. The molecule has 0 radical (unpaired) electrons. The Morgan fingerprint density at radius 2 is 1.83 bits per heavy atom. The summed E-state index contributed by atoms with van der Waals surface area (Å²) in [5.74, 6) is -3.90. The Balaban J connectivity index is 2.14. The van der Waals surface area contributed by atoms with E-state index in [-0.39, 0.29) is 37.4 Å². The van der Waals surface area contributed by atoms with E-state index in [1.165, 1.54) is 11.8 Å². The number of halogens is 9. The third-order valence-corrected chi connectivity index (χ3v) is 6.82. The highest BCUT2D eigenvalue weighted by molar-refractivity contribution is 7.80. The molecule has 17 heteroatoms. The van der Waals surface area contributed by atoms with Gasteiger partial charge in [-0.15, -0.1) is 0 Å². The molecule has 1 aliphatic heterocycles. The maximum Gasteiger partial charge on any atom is 0.420 e. The average Bonchev–Trinajstić information content (AvgIpc) is 3.22. The van der Waals surface area contributed by atoms with Crippen molar-refractivity contribution >= 4 is 46.4 Å². The van der Waals surface area contributed by atoms with Gasteiger partial charge in [-0.2, -0.15) is 26.3 Å². The number of carbonyl (C=O) groups is 1. The van der Waals surface area contributed by atoms with Gasteiger partial charge in [0.25, 0.3) is 0 Å². The molecule has 0 aliphatic carbocycles. The maximum absolute atomic E-state index is 14.6. The van der Waals surface area contributed by atoms with Crippen molar-refractivity contribution in [3.63, 3.8) is 0 Å². The van der Waals surface area contributed by atoms with E-state index in [2.05, 4.69) is 5.32 Å². The lowest BCUT2D eigenvalue weighted by molar-refractivity contribution is -0.143. The normalized spacial score (nSPS) is 15.0. The highest BCUT2D eigenvalue weighted by Crippen LogP contribution is 2.47. The first-order valence-electron chi connectivity index (χ1n) is 11.9. The minimum atomic E-state index is -5.45. The van der Waals surface area contributed by atoms with Crippen LogP contribution in [0.5, 0.6) is 5.75 Å². The number of alkyl halides is 6. The predicted octanol–water partition coefficient (Wildman–Crippen LogP) is 5.67. The summed E-state index contributed by atoms with van der Waals surface area (Å²) in [7, 11) is 1.56.